The maximum absolute atomic E-state index is 9.11. The van der Waals surface area contributed by atoms with Crippen molar-refractivity contribution in [3.05, 3.63) is 63.2 Å². The van der Waals surface area contributed by atoms with Crippen LogP contribution in [-0.4, -0.2) is 0 Å². The van der Waals surface area contributed by atoms with Gasteiger partial charge in [-0.05, 0) is 61.2 Å². The van der Waals surface area contributed by atoms with E-state index in [9.17, 15) is 0 Å². The lowest BCUT2D eigenvalue weighted by molar-refractivity contribution is 1.10. The van der Waals surface area contributed by atoms with Crippen LogP contribution in [0.3, 0.4) is 0 Å². The smallest absolute Gasteiger partial charge is 0.101 e. The zero-order valence-corrected chi connectivity index (χ0v) is 12.7. The van der Waals surface area contributed by atoms with Crippen LogP contribution < -0.4 is 5.32 Å². The Bertz CT molecular complexity index is 684. The molecular weight excluding hydrogens is 268 g/mol. The number of nitrogens with zero attached hydrogens (tertiary/aromatic N) is 1. The van der Waals surface area contributed by atoms with Crippen LogP contribution in [0.5, 0.6) is 0 Å². The van der Waals surface area contributed by atoms with Crippen LogP contribution >= 0.6 is 11.6 Å². The van der Waals surface area contributed by atoms with Gasteiger partial charge in [-0.15, -0.1) is 0 Å². The minimum atomic E-state index is 0.607. The molecule has 0 amide bonds. The Balaban J connectivity index is 2.23. The molecule has 0 radical (unpaired) electrons. The molecule has 0 aliphatic carbocycles. The van der Waals surface area contributed by atoms with Crippen LogP contribution in [0.25, 0.3) is 0 Å². The van der Waals surface area contributed by atoms with Crippen molar-refractivity contribution in [1.29, 1.82) is 5.26 Å². The summed E-state index contributed by atoms with van der Waals surface area (Å²) in [6.45, 7) is 7.01. The number of nitrogens with one attached hydrogen (secondary N) is 1. The molecule has 3 heteroatoms. The monoisotopic (exact) mass is 284 g/mol. The number of benzene rings is 2. The number of halogens is 1. The molecule has 0 saturated heterocycles. The van der Waals surface area contributed by atoms with Crippen molar-refractivity contribution in [1.82, 2.24) is 0 Å². The van der Waals surface area contributed by atoms with Crippen molar-refractivity contribution >= 4 is 17.3 Å². The fourth-order valence-electron chi connectivity index (χ4n) is 2.16. The second-order valence-electron chi connectivity index (χ2n) is 5.02. The van der Waals surface area contributed by atoms with Crippen molar-refractivity contribution in [2.75, 3.05) is 5.32 Å². The van der Waals surface area contributed by atoms with Gasteiger partial charge in [-0.25, -0.2) is 0 Å². The van der Waals surface area contributed by atoms with Crippen LogP contribution in [0, 0.1) is 32.1 Å². The highest BCUT2D eigenvalue weighted by Crippen LogP contribution is 2.22. The largest absolute Gasteiger partial charge is 0.380 e. The fraction of sp³-hybridized carbons (Fsp3) is 0.235. The molecule has 2 rings (SSSR count). The lowest BCUT2D eigenvalue weighted by Gasteiger charge is -2.13. The summed E-state index contributed by atoms with van der Waals surface area (Å²) in [7, 11) is 0. The van der Waals surface area contributed by atoms with Gasteiger partial charge in [0.05, 0.1) is 11.3 Å². The quantitative estimate of drug-likeness (QED) is 0.883. The highest BCUT2D eigenvalue weighted by Gasteiger charge is 2.05. The summed E-state index contributed by atoms with van der Waals surface area (Å²) >= 11 is 5.98. The van der Waals surface area contributed by atoms with Gasteiger partial charge < -0.3 is 5.32 Å². The van der Waals surface area contributed by atoms with Gasteiger partial charge in [-0.3, -0.25) is 0 Å². The van der Waals surface area contributed by atoms with Crippen molar-refractivity contribution in [2.24, 2.45) is 0 Å². The van der Waals surface area contributed by atoms with Gasteiger partial charge in [0.2, 0.25) is 0 Å². The summed E-state index contributed by atoms with van der Waals surface area (Å²) in [4.78, 5) is 0. The second-order valence-corrected chi connectivity index (χ2v) is 5.45. The molecule has 0 heterocycles. The first kappa shape index (κ1) is 14.4. The van der Waals surface area contributed by atoms with E-state index >= 15 is 0 Å². The number of anilines is 1. The van der Waals surface area contributed by atoms with Crippen LogP contribution in [0.1, 0.15) is 27.8 Å². The average Bonchev–Trinajstić information content (AvgIpc) is 2.41. The van der Waals surface area contributed by atoms with E-state index in [4.69, 9.17) is 16.9 Å². The standard InChI is InChI=1S/C17H17ClN2/c1-11-6-13(3)15(7-12(11)2)10-20-17-8-16(18)5-4-14(17)9-19/h4-8,20H,10H2,1-3H3. The van der Waals surface area contributed by atoms with Gasteiger partial charge in [0.25, 0.3) is 0 Å². The third kappa shape index (κ3) is 3.12. The molecule has 20 heavy (non-hydrogen) atoms. The van der Waals surface area contributed by atoms with Gasteiger partial charge >= 0.3 is 0 Å². The lowest BCUT2D eigenvalue weighted by Crippen LogP contribution is -2.04. The number of aryl methyl sites for hydroxylation is 3. The summed E-state index contributed by atoms with van der Waals surface area (Å²) in [5.74, 6) is 0. The summed E-state index contributed by atoms with van der Waals surface area (Å²) in [6, 6.07) is 11.8. The van der Waals surface area contributed by atoms with E-state index < -0.39 is 0 Å². The fourth-order valence-corrected chi connectivity index (χ4v) is 2.33. The molecule has 102 valence electrons. The predicted octanol–water partition coefficient (Wildman–Crippen LogP) is 4.75. The van der Waals surface area contributed by atoms with Crippen molar-refractivity contribution in [3.63, 3.8) is 0 Å². The molecule has 0 aliphatic rings. The Morgan fingerprint density at radius 3 is 2.45 bits per heavy atom. The zero-order chi connectivity index (χ0) is 14.7. The van der Waals surface area contributed by atoms with Crippen LogP contribution in [-0.2, 0) is 6.54 Å². The summed E-state index contributed by atoms with van der Waals surface area (Å²) in [5.41, 5.74) is 6.44. The molecule has 0 saturated carbocycles. The Morgan fingerprint density at radius 1 is 1.05 bits per heavy atom. The number of nitriles is 1. The Morgan fingerprint density at radius 2 is 1.75 bits per heavy atom. The van der Waals surface area contributed by atoms with Gasteiger partial charge in [-0.2, -0.15) is 5.26 Å². The SMILES string of the molecule is Cc1cc(C)c(CNc2cc(Cl)ccc2C#N)cc1C. The number of hydrogen-bond donors (Lipinski definition) is 1. The second kappa shape index (κ2) is 5.98. The topological polar surface area (TPSA) is 35.8 Å². The average molecular weight is 285 g/mol. The van der Waals surface area contributed by atoms with Gasteiger partial charge in [0, 0.05) is 11.6 Å². The first-order valence-corrected chi connectivity index (χ1v) is 6.89. The van der Waals surface area contributed by atoms with E-state index in [-0.39, 0.29) is 0 Å². The third-order valence-corrected chi connectivity index (χ3v) is 3.76. The molecule has 0 atom stereocenters. The molecule has 0 fully saturated rings. The molecule has 0 spiro atoms. The minimum absolute atomic E-state index is 0.607. The lowest BCUT2D eigenvalue weighted by atomic mass is 10.0. The van der Waals surface area contributed by atoms with E-state index in [0.717, 1.165) is 5.69 Å². The summed E-state index contributed by atoms with van der Waals surface area (Å²) in [6.07, 6.45) is 0. The molecule has 2 aromatic rings. The highest BCUT2D eigenvalue weighted by molar-refractivity contribution is 6.30. The Hall–Kier alpha value is -1.98. The molecule has 2 aromatic carbocycles. The summed E-state index contributed by atoms with van der Waals surface area (Å²) in [5, 5.41) is 13.0. The highest BCUT2D eigenvalue weighted by atomic mass is 35.5. The van der Waals surface area contributed by atoms with Crippen LogP contribution in [0.2, 0.25) is 5.02 Å². The van der Waals surface area contributed by atoms with E-state index in [0.29, 0.717) is 17.1 Å². The zero-order valence-electron chi connectivity index (χ0n) is 11.9. The number of rotatable bonds is 3. The van der Waals surface area contributed by atoms with Crippen molar-refractivity contribution < 1.29 is 0 Å². The van der Waals surface area contributed by atoms with Crippen LogP contribution in [0.4, 0.5) is 5.69 Å². The van der Waals surface area contributed by atoms with E-state index in [1.165, 1.54) is 22.3 Å². The van der Waals surface area contributed by atoms with Crippen molar-refractivity contribution in [3.8, 4) is 6.07 Å². The Labute approximate surface area is 125 Å². The first-order chi connectivity index (χ1) is 9.51. The van der Waals surface area contributed by atoms with E-state index in [1.54, 1.807) is 18.2 Å². The molecule has 1 N–H and O–H groups in total. The molecule has 0 aliphatic heterocycles. The number of hydrogen-bond acceptors (Lipinski definition) is 2. The molecule has 2 nitrogen and oxygen atoms in total. The van der Waals surface area contributed by atoms with Gasteiger partial charge in [-0.1, -0.05) is 23.7 Å². The molecule has 0 unspecified atom stereocenters. The molecule has 0 aromatic heterocycles. The van der Waals surface area contributed by atoms with Crippen LogP contribution in [0.15, 0.2) is 30.3 Å². The molecule has 0 bridgehead atoms. The van der Waals surface area contributed by atoms with E-state index in [2.05, 4.69) is 44.3 Å². The Kier molecular flexibility index (Phi) is 4.32. The minimum Gasteiger partial charge on any atom is -0.380 e. The van der Waals surface area contributed by atoms with E-state index in [1.807, 2.05) is 0 Å². The molecular formula is C17H17ClN2. The summed E-state index contributed by atoms with van der Waals surface area (Å²) < 4.78 is 0. The maximum Gasteiger partial charge on any atom is 0.101 e. The predicted molar refractivity (Wildman–Crippen MR) is 84.1 cm³/mol. The first-order valence-electron chi connectivity index (χ1n) is 6.51. The maximum atomic E-state index is 9.11. The normalized spacial score (nSPS) is 10.2. The third-order valence-electron chi connectivity index (χ3n) is 3.52. The van der Waals surface area contributed by atoms with Gasteiger partial charge in [0.1, 0.15) is 6.07 Å². The van der Waals surface area contributed by atoms with Crippen molar-refractivity contribution in [2.45, 2.75) is 27.3 Å². The van der Waals surface area contributed by atoms with Gasteiger partial charge in [0.15, 0.2) is 0 Å².